The molecule has 1 fully saturated rings. The summed E-state index contributed by atoms with van der Waals surface area (Å²) < 4.78 is 41.7. The molecule has 10 heteroatoms. The first-order valence-corrected chi connectivity index (χ1v) is 11.3. The van der Waals surface area contributed by atoms with Crippen LogP contribution in [0.4, 0.5) is 10.1 Å². The first kappa shape index (κ1) is 19.7. The SMILES string of the molecule is O=C(Cn1c(=O)sc2cc(S(=O)(=O)N3CCCC3)ccc21)Nc1ccc(F)cc1. The number of halogens is 1. The molecule has 29 heavy (non-hydrogen) atoms. The molecule has 1 aliphatic rings. The summed E-state index contributed by atoms with van der Waals surface area (Å²) in [7, 11) is -3.58. The maximum Gasteiger partial charge on any atom is 0.308 e. The summed E-state index contributed by atoms with van der Waals surface area (Å²) in [6.45, 7) is 0.775. The molecule has 3 aromatic rings. The summed E-state index contributed by atoms with van der Waals surface area (Å²) in [5.74, 6) is -0.852. The van der Waals surface area contributed by atoms with Crippen molar-refractivity contribution in [3.05, 3.63) is 57.9 Å². The third kappa shape index (κ3) is 3.96. The number of anilines is 1. The van der Waals surface area contributed by atoms with Crippen LogP contribution < -0.4 is 10.2 Å². The molecule has 0 spiro atoms. The highest BCUT2D eigenvalue weighted by Gasteiger charge is 2.27. The predicted molar refractivity (Wildman–Crippen MR) is 109 cm³/mol. The minimum Gasteiger partial charge on any atom is -0.325 e. The predicted octanol–water partition coefficient (Wildman–Crippen LogP) is 2.63. The van der Waals surface area contributed by atoms with E-state index in [4.69, 9.17) is 0 Å². The Morgan fingerprint density at radius 1 is 1.10 bits per heavy atom. The van der Waals surface area contributed by atoms with Crippen LogP contribution in [-0.2, 0) is 21.4 Å². The second-order valence-corrected chi connectivity index (χ2v) is 9.68. The Balaban J connectivity index is 1.59. The van der Waals surface area contributed by atoms with Crippen LogP contribution in [0.1, 0.15) is 12.8 Å². The molecule has 2 heterocycles. The van der Waals surface area contributed by atoms with Gasteiger partial charge in [-0.05, 0) is 55.3 Å². The molecule has 0 saturated carbocycles. The number of thiazole rings is 1. The van der Waals surface area contributed by atoms with E-state index >= 15 is 0 Å². The van der Waals surface area contributed by atoms with E-state index in [0.29, 0.717) is 29.0 Å². The lowest BCUT2D eigenvalue weighted by atomic mass is 10.3. The average molecular weight is 436 g/mol. The second kappa shape index (κ2) is 7.69. The first-order valence-electron chi connectivity index (χ1n) is 9.03. The minimum absolute atomic E-state index is 0.149. The standard InChI is InChI=1S/C19H18FN3O4S2/c20-13-3-5-14(6-4-13)21-18(24)12-23-16-8-7-15(11-17(16)28-19(23)25)29(26,27)22-9-1-2-10-22/h3-8,11H,1-2,9-10,12H2,(H,21,24). The average Bonchev–Trinajstić information content (AvgIpc) is 3.32. The van der Waals surface area contributed by atoms with Crippen molar-refractivity contribution in [2.75, 3.05) is 18.4 Å². The third-order valence-corrected chi connectivity index (χ3v) is 7.61. The number of amides is 1. The fraction of sp³-hybridized carbons (Fsp3) is 0.263. The van der Waals surface area contributed by atoms with E-state index in [1.165, 1.54) is 45.3 Å². The number of carbonyl (C=O) groups is 1. The van der Waals surface area contributed by atoms with Crippen molar-refractivity contribution in [2.45, 2.75) is 24.3 Å². The fourth-order valence-corrected chi connectivity index (χ4v) is 5.86. The van der Waals surface area contributed by atoms with Gasteiger partial charge in [-0.2, -0.15) is 4.31 Å². The van der Waals surface area contributed by atoms with Gasteiger partial charge in [0, 0.05) is 18.8 Å². The molecule has 1 aliphatic heterocycles. The zero-order valence-corrected chi connectivity index (χ0v) is 16.9. The van der Waals surface area contributed by atoms with Crippen LogP contribution >= 0.6 is 11.3 Å². The van der Waals surface area contributed by atoms with E-state index in [1.807, 2.05) is 0 Å². The van der Waals surface area contributed by atoms with Crippen LogP contribution in [0.25, 0.3) is 10.2 Å². The molecule has 0 unspecified atom stereocenters. The molecule has 1 N–H and O–H groups in total. The highest BCUT2D eigenvalue weighted by atomic mass is 32.2. The topological polar surface area (TPSA) is 88.5 Å². The largest absolute Gasteiger partial charge is 0.325 e. The molecular formula is C19H18FN3O4S2. The van der Waals surface area contributed by atoms with E-state index in [1.54, 1.807) is 6.07 Å². The van der Waals surface area contributed by atoms with Crippen LogP contribution in [0.3, 0.4) is 0 Å². The first-order chi connectivity index (χ1) is 13.8. The number of hydrogen-bond donors (Lipinski definition) is 1. The minimum atomic E-state index is -3.58. The molecule has 2 aromatic carbocycles. The zero-order valence-electron chi connectivity index (χ0n) is 15.3. The summed E-state index contributed by atoms with van der Waals surface area (Å²) in [6, 6.07) is 9.82. The van der Waals surface area contributed by atoms with E-state index in [9.17, 15) is 22.4 Å². The Kier molecular flexibility index (Phi) is 5.24. The normalized spacial score (nSPS) is 15.1. The van der Waals surface area contributed by atoms with Crippen LogP contribution in [0.15, 0.2) is 52.2 Å². The number of hydrogen-bond acceptors (Lipinski definition) is 5. The van der Waals surface area contributed by atoms with E-state index < -0.39 is 21.7 Å². The van der Waals surface area contributed by atoms with Crippen molar-refractivity contribution < 1.29 is 17.6 Å². The smallest absolute Gasteiger partial charge is 0.308 e. The van der Waals surface area contributed by atoms with Gasteiger partial charge in [-0.25, -0.2) is 12.8 Å². The van der Waals surface area contributed by atoms with Gasteiger partial charge in [-0.3, -0.25) is 14.2 Å². The van der Waals surface area contributed by atoms with Crippen molar-refractivity contribution in [1.82, 2.24) is 8.87 Å². The monoisotopic (exact) mass is 435 g/mol. The number of aromatic nitrogens is 1. The van der Waals surface area contributed by atoms with Crippen LogP contribution in [0.5, 0.6) is 0 Å². The van der Waals surface area contributed by atoms with Crippen LogP contribution in [0, 0.1) is 5.82 Å². The molecule has 4 rings (SSSR count). The number of nitrogens with zero attached hydrogens (tertiary/aromatic N) is 2. The van der Waals surface area contributed by atoms with E-state index in [-0.39, 0.29) is 16.3 Å². The molecule has 1 amide bonds. The Morgan fingerprint density at radius 3 is 2.48 bits per heavy atom. The fourth-order valence-electron chi connectivity index (χ4n) is 3.31. The quantitative estimate of drug-likeness (QED) is 0.667. The molecule has 7 nitrogen and oxygen atoms in total. The molecule has 1 aromatic heterocycles. The maximum atomic E-state index is 13.0. The zero-order chi connectivity index (χ0) is 20.6. The van der Waals surface area contributed by atoms with Crippen molar-refractivity contribution in [3.63, 3.8) is 0 Å². The molecule has 0 bridgehead atoms. The molecule has 0 radical (unpaired) electrons. The van der Waals surface area contributed by atoms with E-state index in [2.05, 4.69) is 5.32 Å². The summed E-state index contributed by atoms with van der Waals surface area (Å²) in [5.41, 5.74) is 0.914. The summed E-state index contributed by atoms with van der Waals surface area (Å²) >= 11 is 0.897. The molecule has 1 saturated heterocycles. The Morgan fingerprint density at radius 2 is 1.79 bits per heavy atom. The molecular weight excluding hydrogens is 417 g/mol. The highest BCUT2D eigenvalue weighted by molar-refractivity contribution is 7.89. The third-order valence-electron chi connectivity index (χ3n) is 4.77. The lowest BCUT2D eigenvalue weighted by Crippen LogP contribution is -2.27. The second-order valence-electron chi connectivity index (χ2n) is 6.75. The Hall–Kier alpha value is -2.56. The number of sulfonamides is 1. The van der Waals surface area contributed by atoms with Crippen LogP contribution in [0.2, 0.25) is 0 Å². The lowest BCUT2D eigenvalue weighted by Gasteiger charge is -2.15. The molecule has 0 aliphatic carbocycles. The number of fused-ring (bicyclic) bond motifs is 1. The summed E-state index contributed by atoms with van der Waals surface area (Å²) in [4.78, 5) is 24.5. The van der Waals surface area contributed by atoms with Crippen molar-refractivity contribution in [1.29, 1.82) is 0 Å². The number of carbonyl (C=O) groups excluding carboxylic acids is 1. The summed E-state index contributed by atoms with van der Waals surface area (Å²) in [5, 5.41) is 2.61. The van der Waals surface area contributed by atoms with Gasteiger partial charge >= 0.3 is 4.87 Å². The van der Waals surface area contributed by atoms with Gasteiger partial charge in [0.2, 0.25) is 15.9 Å². The van der Waals surface area contributed by atoms with Gasteiger partial charge in [0.05, 0.1) is 15.1 Å². The lowest BCUT2D eigenvalue weighted by molar-refractivity contribution is -0.116. The van der Waals surface area contributed by atoms with Crippen molar-refractivity contribution >= 4 is 43.2 Å². The molecule has 0 atom stereocenters. The Bertz CT molecular complexity index is 1230. The van der Waals surface area contributed by atoms with Gasteiger partial charge in [0.25, 0.3) is 0 Å². The summed E-state index contributed by atoms with van der Waals surface area (Å²) in [6.07, 6.45) is 1.68. The number of nitrogens with one attached hydrogen (secondary N) is 1. The maximum absolute atomic E-state index is 13.0. The number of benzene rings is 2. The van der Waals surface area contributed by atoms with Gasteiger partial charge < -0.3 is 5.32 Å². The number of rotatable bonds is 5. The highest BCUT2D eigenvalue weighted by Crippen LogP contribution is 2.26. The van der Waals surface area contributed by atoms with Crippen molar-refractivity contribution in [3.8, 4) is 0 Å². The Labute approximate surface area is 170 Å². The van der Waals surface area contributed by atoms with Gasteiger partial charge in [0.1, 0.15) is 12.4 Å². The van der Waals surface area contributed by atoms with Gasteiger partial charge in [-0.15, -0.1) is 0 Å². The molecule has 152 valence electrons. The van der Waals surface area contributed by atoms with E-state index in [0.717, 1.165) is 24.2 Å². The van der Waals surface area contributed by atoms with Crippen LogP contribution in [-0.4, -0.2) is 36.3 Å². The van der Waals surface area contributed by atoms with Crippen molar-refractivity contribution in [2.24, 2.45) is 0 Å². The van der Waals surface area contributed by atoms with Gasteiger partial charge in [0.15, 0.2) is 0 Å². The van der Waals surface area contributed by atoms with Gasteiger partial charge in [-0.1, -0.05) is 11.3 Å².